The Morgan fingerprint density at radius 3 is 2.74 bits per heavy atom. The standard InChI is InChI=1S/C12H8BrFN2O3/c13-9-5-8(14)2-1-7(9)6-16-11(17)4-3-10(15-16)12(18)19/h1-5H,6H2,(H,18,19). The number of benzene rings is 1. The van der Waals surface area contributed by atoms with Gasteiger partial charge in [-0.25, -0.2) is 13.9 Å². The molecule has 0 aliphatic rings. The highest BCUT2D eigenvalue weighted by atomic mass is 79.9. The van der Waals surface area contributed by atoms with Crippen molar-refractivity contribution in [1.82, 2.24) is 9.78 Å². The number of hydrogen-bond acceptors (Lipinski definition) is 3. The Morgan fingerprint density at radius 2 is 2.11 bits per heavy atom. The Balaban J connectivity index is 2.40. The van der Waals surface area contributed by atoms with Crippen molar-refractivity contribution < 1.29 is 14.3 Å². The van der Waals surface area contributed by atoms with Gasteiger partial charge >= 0.3 is 5.97 Å². The Morgan fingerprint density at radius 1 is 1.37 bits per heavy atom. The number of aromatic nitrogens is 2. The minimum absolute atomic E-state index is 0.0564. The van der Waals surface area contributed by atoms with E-state index in [0.29, 0.717) is 10.0 Å². The maximum Gasteiger partial charge on any atom is 0.356 e. The first-order valence-electron chi connectivity index (χ1n) is 5.23. The minimum Gasteiger partial charge on any atom is -0.476 e. The number of carboxylic acids is 1. The van der Waals surface area contributed by atoms with Crippen LogP contribution in [0.5, 0.6) is 0 Å². The zero-order valence-corrected chi connectivity index (χ0v) is 11.1. The normalized spacial score (nSPS) is 10.4. The van der Waals surface area contributed by atoms with E-state index in [2.05, 4.69) is 21.0 Å². The number of hydrogen-bond donors (Lipinski definition) is 1. The van der Waals surface area contributed by atoms with Gasteiger partial charge in [-0.2, -0.15) is 5.10 Å². The van der Waals surface area contributed by atoms with Crippen molar-refractivity contribution in [3.63, 3.8) is 0 Å². The second-order valence-corrected chi connectivity index (χ2v) is 4.61. The van der Waals surface area contributed by atoms with E-state index in [4.69, 9.17) is 5.11 Å². The van der Waals surface area contributed by atoms with Crippen LogP contribution in [0.1, 0.15) is 16.1 Å². The second kappa shape index (κ2) is 5.31. The van der Waals surface area contributed by atoms with Gasteiger partial charge < -0.3 is 5.11 Å². The molecule has 19 heavy (non-hydrogen) atoms. The van der Waals surface area contributed by atoms with E-state index in [-0.39, 0.29) is 12.2 Å². The molecule has 0 atom stereocenters. The number of carboxylic acid groups (broad SMARTS) is 1. The molecule has 0 bridgehead atoms. The molecule has 2 rings (SSSR count). The quantitative estimate of drug-likeness (QED) is 0.934. The molecule has 0 aliphatic heterocycles. The van der Waals surface area contributed by atoms with Crippen LogP contribution in [0.4, 0.5) is 4.39 Å². The highest BCUT2D eigenvalue weighted by Crippen LogP contribution is 2.18. The predicted octanol–water partition coefficient (Wildman–Crippen LogP) is 1.89. The number of aromatic carboxylic acids is 1. The minimum atomic E-state index is -1.22. The average Bonchev–Trinajstić information content (AvgIpc) is 2.34. The number of halogens is 2. The van der Waals surface area contributed by atoms with Crippen LogP contribution in [0.15, 0.2) is 39.6 Å². The molecule has 0 spiro atoms. The summed E-state index contributed by atoms with van der Waals surface area (Å²) in [5, 5.41) is 12.5. The van der Waals surface area contributed by atoms with Crippen LogP contribution >= 0.6 is 15.9 Å². The highest BCUT2D eigenvalue weighted by Gasteiger charge is 2.09. The zero-order valence-electron chi connectivity index (χ0n) is 9.51. The van der Waals surface area contributed by atoms with Crippen LogP contribution in [0, 0.1) is 5.82 Å². The van der Waals surface area contributed by atoms with Crippen LogP contribution in [-0.4, -0.2) is 20.9 Å². The van der Waals surface area contributed by atoms with Crippen molar-refractivity contribution >= 4 is 21.9 Å². The van der Waals surface area contributed by atoms with E-state index >= 15 is 0 Å². The molecule has 7 heteroatoms. The van der Waals surface area contributed by atoms with Crippen LogP contribution in [0.25, 0.3) is 0 Å². The Labute approximate surface area is 115 Å². The fraction of sp³-hybridized carbons (Fsp3) is 0.0833. The summed E-state index contributed by atoms with van der Waals surface area (Å²) >= 11 is 3.18. The topological polar surface area (TPSA) is 72.2 Å². The predicted molar refractivity (Wildman–Crippen MR) is 68.7 cm³/mol. The molecular weight excluding hydrogens is 319 g/mol. The summed E-state index contributed by atoms with van der Waals surface area (Å²) in [7, 11) is 0. The van der Waals surface area contributed by atoms with Crippen LogP contribution < -0.4 is 5.56 Å². The van der Waals surface area contributed by atoms with Gasteiger partial charge in [0.1, 0.15) is 5.82 Å². The monoisotopic (exact) mass is 326 g/mol. The molecule has 2 aromatic rings. The van der Waals surface area contributed by atoms with E-state index in [0.717, 1.165) is 16.8 Å². The van der Waals surface area contributed by atoms with E-state index in [1.807, 2.05) is 0 Å². The number of rotatable bonds is 3. The molecule has 1 aromatic heterocycles. The van der Waals surface area contributed by atoms with E-state index in [9.17, 15) is 14.0 Å². The molecule has 1 aromatic carbocycles. The number of nitrogens with zero attached hydrogens (tertiary/aromatic N) is 2. The molecule has 5 nitrogen and oxygen atoms in total. The van der Waals surface area contributed by atoms with Crippen molar-refractivity contribution in [3.8, 4) is 0 Å². The molecule has 0 radical (unpaired) electrons. The van der Waals surface area contributed by atoms with Gasteiger partial charge in [-0.1, -0.05) is 22.0 Å². The average molecular weight is 327 g/mol. The number of carbonyl (C=O) groups is 1. The van der Waals surface area contributed by atoms with Crippen molar-refractivity contribution in [1.29, 1.82) is 0 Å². The van der Waals surface area contributed by atoms with Gasteiger partial charge in [-0.3, -0.25) is 4.79 Å². The lowest BCUT2D eigenvalue weighted by molar-refractivity contribution is 0.0687. The lowest BCUT2D eigenvalue weighted by Crippen LogP contribution is -2.25. The van der Waals surface area contributed by atoms with Gasteiger partial charge in [0.15, 0.2) is 5.69 Å². The van der Waals surface area contributed by atoms with Crippen LogP contribution in [0.2, 0.25) is 0 Å². The van der Waals surface area contributed by atoms with Gasteiger partial charge in [0, 0.05) is 10.5 Å². The fourth-order valence-electron chi connectivity index (χ4n) is 1.49. The summed E-state index contributed by atoms with van der Waals surface area (Å²) < 4.78 is 14.4. The first-order valence-corrected chi connectivity index (χ1v) is 6.02. The van der Waals surface area contributed by atoms with E-state index in [1.165, 1.54) is 18.2 Å². The summed E-state index contributed by atoms with van der Waals surface area (Å²) in [6.07, 6.45) is 0. The lowest BCUT2D eigenvalue weighted by Gasteiger charge is -2.07. The van der Waals surface area contributed by atoms with Gasteiger partial charge in [0.05, 0.1) is 6.54 Å². The molecule has 1 heterocycles. The highest BCUT2D eigenvalue weighted by molar-refractivity contribution is 9.10. The Bertz CT molecular complexity index is 700. The zero-order chi connectivity index (χ0) is 14.0. The Kier molecular flexibility index (Phi) is 3.75. The molecule has 0 aliphatic carbocycles. The second-order valence-electron chi connectivity index (χ2n) is 3.76. The van der Waals surface area contributed by atoms with Crippen molar-refractivity contribution in [2.45, 2.75) is 6.54 Å². The Hall–Kier alpha value is -2.02. The maximum absolute atomic E-state index is 12.9. The van der Waals surface area contributed by atoms with Crippen LogP contribution in [0.3, 0.4) is 0 Å². The SMILES string of the molecule is O=C(O)c1ccc(=O)n(Cc2ccc(F)cc2Br)n1. The summed E-state index contributed by atoms with van der Waals surface area (Å²) in [5.41, 5.74) is -0.0300. The first kappa shape index (κ1) is 13.4. The lowest BCUT2D eigenvalue weighted by atomic mass is 10.2. The molecule has 0 saturated carbocycles. The van der Waals surface area contributed by atoms with Crippen molar-refractivity contribution in [2.24, 2.45) is 0 Å². The molecule has 98 valence electrons. The fourth-order valence-corrected chi connectivity index (χ4v) is 1.96. The van der Waals surface area contributed by atoms with Gasteiger partial charge in [0.25, 0.3) is 5.56 Å². The third kappa shape index (κ3) is 3.05. The maximum atomic E-state index is 12.9. The largest absolute Gasteiger partial charge is 0.476 e. The summed E-state index contributed by atoms with van der Waals surface area (Å²) in [6.45, 7) is 0.0564. The van der Waals surface area contributed by atoms with E-state index in [1.54, 1.807) is 0 Å². The summed E-state index contributed by atoms with van der Waals surface area (Å²) in [6, 6.07) is 6.29. The first-order chi connectivity index (χ1) is 8.97. The molecular formula is C12H8BrFN2O3. The molecule has 0 fully saturated rings. The molecule has 0 unspecified atom stereocenters. The van der Waals surface area contributed by atoms with Gasteiger partial charge in [-0.15, -0.1) is 0 Å². The summed E-state index contributed by atoms with van der Waals surface area (Å²) in [5.74, 6) is -1.62. The van der Waals surface area contributed by atoms with Gasteiger partial charge in [-0.05, 0) is 23.8 Å². The molecule has 0 amide bonds. The van der Waals surface area contributed by atoms with Crippen LogP contribution in [-0.2, 0) is 6.54 Å². The third-order valence-electron chi connectivity index (χ3n) is 2.42. The molecule has 0 saturated heterocycles. The van der Waals surface area contributed by atoms with Gasteiger partial charge in [0.2, 0.25) is 0 Å². The van der Waals surface area contributed by atoms with Crippen molar-refractivity contribution in [3.05, 3.63) is 62.2 Å². The smallest absolute Gasteiger partial charge is 0.356 e. The van der Waals surface area contributed by atoms with Crippen molar-refractivity contribution in [2.75, 3.05) is 0 Å². The summed E-state index contributed by atoms with van der Waals surface area (Å²) in [4.78, 5) is 22.4. The van der Waals surface area contributed by atoms with E-state index < -0.39 is 17.3 Å². The molecule has 1 N–H and O–H groups in total. The third-order valence-corrected chi connectivity index (χ3v) is 3.16.